The number of hydrogen-bond donors (Lipinski definition) is 5. The summed E-state index contributed by atoms with van der Waals surface area (Å²) >= 11 is 1.26. The summed E-state index contributed by atoms with van der Waals surface area (Å²) in [6, 6.07) is 6.00. The van der Waals surface area contributed by atoms with Gasteiger partial charge in [-0.05, 0) is 30.8 Å². The molecule has 38 heavy (non-hydrogen) atoms. The fourth-order valence-electron chi connectivity index (χ4n) is 3.47. The van der Waals surface area contributed by atoms with Gasteiger partial charge in [-0.25, -0.2) is 4.98 Å². The van der Waals surface area contributed by atoms with Crippen LogP contribution < -0.4 is 22.5 Å². The van der Waals surface area contributed by atoms with E-state index in [-0.39, 0.29) is 30.2 Å². The minimum atomic E-state index is -4.44. The van der Waals surface area contributed by atoms with E-state index in [1.807, 2.05) is 11.9 Å². The van der Waals surface area contributed by atoms with Gasteiger partial charge in [0.05, 0.1) is 16.3 Å². The van der Waals surface area contributed by atoms with E-state index in [2.05, 4.69) is 32.8 Å². The molecule has 2 aromatic rings. The monoisotopic (exact) mass is 548 g/mol. The SMILES string of the molecule is CN1CCN(Cc2ccc(NCS/C(C#Cc3cnc(N)c(C=N)c3)=C\N)cc2C(F)(F)F)CC1.NC=O. The lowest BCUT2D eigenvalue weighted by molar-refractivity contribution is -0.138. The van der Waals surface area contributed by atoms with E-state index in [9.17, 15) is 13.2 Å². The summed E-state index contributed by atoms with van der Waals surface area (Å²) in [6.07, 6.45) is -0.267. The summed E-state index contributed by atoms with van der Waals surface area (Å²) in [5.74, 6) is 6.32. The first kappa shape index (κ1) is 30.5. The maximum Gasteiger partial charge on any atom is 0.416 e. The van der Waals surface area contributed by atoms with Crippen LogP contribution in [0.25, 0.3) is 0 Å². The Hall–Kier alpha value is -3.73. The Morgan fingerprint density at radius 2 is 1.92 bits per heavy atom. The van der Waals surface area contributed by atoms with Gasteiger partial charge >= 0.3 is 6.18 Å². The third kappa shape index (κ3) is 9.62. The molecule has 0 saturated carbocycles. The second-order valence-electron chi connectivity index (χ2n) is 8.17. The highest BCUT2D eigenvalue weighted by atomic mass is 32.2. The second kappa shape index (κ2) is 14.9. The van der Waals surface area contributed by atoms with E-state index in [0.29, 0.717) is 21.7 Å². The van der Waals surface area contributed by atoms with E-state index >= 15 is 0 Å². The molecule has 0 spiro atoms. The smallest absolute Gasteiger partial charge is 0.403 e. The number of amides is 1. The van der Waals surface area contributed by atoms with Gasteiger partial charge in [0.2, 0.25) is 6.41 Å². The highest BCUT2D eigenvalue weighted by Crippen LogP contribution is 2.34. The van der Waals surface area contributed by atoms with Crippen LogP contribution in [0.5, 0.6) is 0 Å². The summed E-state index contributed by atoms with van der Waals surface area (Å²) in [7, 11) is 2.01. The van der Waals surface area contributed by atoms with Crippen molar-refractivity contribution < 1.29 is 18.0 Å². The predicted molar refractivity (Wildman–Crippen MR) is 146 cm³/mol. The van der Waals surface area contributed by atoms with Gasteiger partial charge < -0.3 is 32.8 Å². The van der Waals surface area contributed by atoms with Crippen molar-refractivity contribution in [2.24, 2.45) is 11.5 Å². The number of aromatic nitrogens is 1. The van der Waals surface area contributed by atoms with Crippen LogP contribution in [-0.2, 0) is 17.5 Å². The molecule has 1 saturated heterocycles. The van der Waals surface area contributed by atoms with Gasteiger partial charge in [0, 0.05) is 68.1 Å². The van der Waals surface area contributed by atoms with E-state index in [4.69, 9.17) is 21.7 Å². The van der Waals surface area contributed by atoms with Crippen molar-refractivity contribution in [3.63, 3.8) is 0 Å². The number of halogens is 3. The lowest BCUT2D eigenvalue weighted by atomic mass is 10.0. The standard InChI is InChI=1S/C24H28F3N7S.CH3NO/c1-33-6-8-34(9-7-33)15-18-3-4-20(11-22(18)24(25,26)27)32-16-35-21(13-29)5-2-17-10-19(12-28)23(30)31-14-17;2-1-3/h3-4,10-14,28,32H,6-9,15-16,29H2,1H3,(H2,30,31);1H,(H2,2,3)/b21-13-,28-12?;. The summed E-state index contributed by atoms with van der Waals surface area (Å²) in [5, 5.41) is 10.3. The number of allylic oxidation sites excluding steroid dienone is 1. The van der Waals surface area contributed by atoms with Crippen LogP contribution in [0.2, 0.25) is 0 Å². The topological polar surface area (TPSA) is 150 Å². The molecule has 0 bridgehead atoms. The van der Waals surface area contributed by atoms with E-state index in [1.165, 1.54) is 24.2 Å². The van der Waals surface area contributed by atoms with Crippen LogP contribution >= 0.6 is 11.8 Å². The summed E-state index contributed by atoms with van der Waals surface area (Å²) in [4.78, 5) is 17.3. The molecule has 0 radical (unpaired) electrons. The zero-order valence-electron chi connectivity index (χ0n) is 20.9. The minimum Gasteiger partial charge on any atom is -0.403 e. The van der Waals surface area contributed by atoms with Crippen molar-refractivity contribution in [3.05, 3.63) is 63.8 Å². The number of anilines is 2. The van der Waals surface area contributed by atoms with Crippen LogP contribution in [-0.4, -0.2) is 66.5 Å². The van der Waals surface area contributed by atoms with Gasteiger partial charge in [-0.3, -0.25) is 9.69 Å². The number of alkyl halides is 3. The van der Waals surface area contributed by atoms with Crippen molar-refractivity contribution >= 4 is 35.9 Å². The van der Waals surface area contributed by atoms with Crippen molar-refractivity contribution in [3.8, 4) is 11.8 Å². The highest BCUT2D eigenvalue weighted by molar-refractivity contribution is 8.03. The fourth-order valence-corrected chi connectivity index (χ4v) is 4.08. The van der Waals surface area contributed by atoms with Crippen LogP contribution in [0.3, 0.4) is 0 Å². The van der Waals surface area contributed by atoms with Crippen molar-refractivity contribution in [2.75, 3.05) is 50.2 Å². The molecule has 8 N–H and O–H groups in total. The molecule has 1 aromatic heterocycles. The van der Waals surface area contributed by atoms with Gasteiger partial charge in [0.1, 0.15) is 5.82 Å². The maximum atomic E-state index is 13.8. The van der Waals surface area contributed by atoms with E-state index in [1.54, 1.807) is 18.2 Å². The number of nitrogens with zero attached hydrogens (tertiary/aromatic N) is 3. The highest BCUT2D eigenvalue weighted by Gasteiger charge is 2.34. The number of thioether (sulfide) groups is 1. The van der Waals surface area contributed by atoms with Gasteiger partial charge in [0.25, 0.3) is 0 Å². The number of nitrogens with two attached hydrogens (primary N) is 3. The molecule has 204 valence electrons. The molecule has 2 heterocycles. The molecule has 1 aliphatic heterocycles. The Morgan fingerprint density at radius 1 is 1.24 bits per heavy atom. The number of pyridine rings is 1. The number of carbonyl (C=O) groups is 1. The number of benzene rings is 1. The number of nitrogens with one attached hydrogen (secondary N) is 2. The molecule has 1 amide bonds. The Labute approximate surface area is 224 Å². The van der Waals surface area contributed by atoms with Crippen molar-refractivity contribution in [1.29, 1.82) is 5.41 Å². The van der Waals surface area contributed by atoms with Crippen LogP contribution in [0.1, 0.15) is 22.3 Å². The summed E-state index contributed by atoms with van der Waals surface area (Å²) < 4.78 is 41.3. The molecular formula is C25H31F3N8OS. The average molecular weight is 549 g/mol. The van der Waals surface area contributed by atoms with E-state index in [0.717, 1.165) is 38.5 Å². The van der Waals surface area contributed by atoms with E-state index < -0.39 is 11.7 Å². The molecule has 1 aliphatic rings. The maximum absolute atomic E-state index is 13.8. The second-order valence-corrected chi connectivity index (χ2v) is 9.19. The Morgan fingerprint density at radius 3 is 2.53 bits per heavy atom. The minimum absolute atomic E-state index is 0.242. The molecule has 0 atom stereocenters. The van der Waals surface area contributed by atoms with Gasteiger partial charge in [-0.1, -0.05) is 29.7 Å². The van der Waals surface area contributed by atoms with Gasteiger partial charge in [-0.2, -0.15) is 13.2 Å². The van der Waals surface area contributed by atoms with Gasteiger partial charge in [0.15, 0.2) is 0 Å². The first-order chi connectivity index (χ1) is 18.1. The molecular weight excluding hydrogens is 517 g/mol. The number of primary amides is 1. The third-order valence-corrected chi connectivity index (χ3v) is 6.33. The van der Waals surface area contributed by atoms with Crippen LogP contribution in [0.4, 0.5) is 24.7 Å². The zero-order valence-corrected chi connectivity index (χ0v) is 21.7. The molecule has 0 aliphatic carbocycles. The Balaban J connectivity index is 0.00000161. The van der Waals surface area contributed by atoms with Crippen LogP contribution in [0.15, 0.2) is 41.6 Å². The molecule has 0 unspecified atom stereocenters. The number of carbonyl (C=O) groups excluding carboxylic acids is 1. The van der Waals surface area contributed by atoms with Crippen LogP contribution in [0, 0.1) is 17.3 Å². The number of likely N-dealkylation sites (N-methyl/N-ethyl adjacent to an activating group) is 1. The number of nitrogen functional groups attached to an aromatic ring is 1. The molecule has 1 aromatic carbocycles. The summed E-state index contributed by atoms with van der Waals surface area (Å²) in [6.45, 7) is 3.45. The molecule has 1 fully saturated rings. The number of rotatable bonds is 7. The van der Waals surface area contributed by atoms with Crippen molar-refractivity contribution in [2.45, 2.75) is 12.7 Å². The molecule has 9 nitrogen and oxygen atoms in total. The quantitative estimate of drug-likeness (QED) is 0.153. The first-order valence-electron chi connectivity index (χ1n) is 11.4. The zero-order chi connectivity index (χ0) is 28.1. The number of hydrogen-bond acceptors (Lipinski definition) is 9. The Kier molecular flexibility index (Phi) is 11.9. The average Bonchev–Trinajstić information content (AvgIpc) is 2.88. The number of piperazine rings is 1. The molecule has 3 rings (SSSR count). The third-order valence-electron chi connectivity index (χ3n) is 5.50. The lowest BCUT2D eigenvalue weighted by Crippen LogP contribution is -2.44. The molecule has 13 heteroatoms. The van der Waals surface area contributed by atoms with Crippen molar-refractivity contribution in [1.82, 2.24) is 14.8 Å². The fraction of sp³-hybridized carbons (Fsp3) is 0.320. The first-order valence-corrected chi connectivity index (χ1v) is 12.4. The summed E-state index contributed by atoms with van der Waals surface area (Å²) in [5.41, 5.74) is 16.5. The van der Waals surface area contributed by atoms with Gasteiger partial charge in [-0.15, -0.1) is 0 Å². The lowest BCUT2D eigenvalue weighted by Gasteiger charge is -2.33. The normalized spacial score (nSPS) is 14.5. The largest absolute Gasteiger partial charge is 0.416 e. The Bertz CT molecular complexity index is 1190. The predicted octanol–water partition coefficient (Wildman–Crippen LogP) is 2.48.